The molecule has 1 amide bonds. The SMILES string of the molecule is CC(C)C(N)C(=O)N1CCCC1C1N=C(c2ccc3c(c2)OCn2c-3cc3cc(-c4cnc(C5CCCN5CC(N)C(C)OC(C)(C)C)[nH]4)ccc32)CN1. The average Bonchev–Trinajstić information content (AvgIpc) is 3.99. The van der Waals surface area contributed by atoms with Gasteiger partial charge in [0, 0.05) is 47.8 Å². The molecule has 0 radical (unpaired) electrons. The minimum absolute atomic E-state index is 0.0201. The lowest BCUT2D eigenvalue weighted by Crippen LogP contribution is -2.53. The molecule has 0 aliphatic carbocycles. The maximum Gasteiger partial charge on any atom is 0.240 e. The van der Waals surface area contributed by atoms with Crippen LogP contribution in [0, 0.1) is 5.92 Å². The summed E-state index contributed by atoms with van der Waals surface area (Å²) < 4.78 is 14.8. The molecule has 6 unspecified atom stereocenters. The van der Waals surface area contributed by atoms with Crippen LogP contribution >= 0.6 is 0 Å². The number of rotatable bonds is 10. The van der Waals surface area contributed by atoms with Crippen LogP contribution in [0.25, 0.3) is 33.4 Å². The molecule has 2 aromatic carbocycles. The van der Waals surface area contributed by atoms with Crippen molar-refractivity contribution >= 4 is 22.5 Å². The third kappa shape index (κ3) is 7.10. The summed E-state index contributed by atoms with van der Waals surface area (Å²) in [5.74, 6) is 1.98. The predicted molar refractivity (Wildman–Crippen MR) is 213 cm³/mol. The number of aromatic amines is 1. The number of hydrogen-bond acceptors (Lipinski definition) is 9. The Hall–Kier alpha value is -4.07. The molecule has 0 saturated carbocycles. The molecule has 4 aliphatic heterocycles. The van der Waals surface area contributed by atoms with E-state index in [1.807, 2.05) is 24.9 Å². The summed E-state index contributed by atoms with van der Waals surface area (Å²) in [4.78, 5) is 31.2. The number of benzene rings is 2. The summed E-state index contributed by atoms with van der Waals surface area (Å²) in [7, 11) is 0. The van der Waals surface area contributed by atoms with Crippen molar-refractivity contribution in [2.24, 2.45) is 22.4 Å². The first-order chi connectivity index (χ1) is 25.8. The molecule has 2 fully saturated rings. The fourth-order valence-electron chi connectivity index (χ4n) is 8.77. The lowest BCUT2D eigenvalue weighted by Gasteiger charge is -2.32. The normalized spacial score (nSPS) is 23.4. The number of likely N-dealkylation sites (tertiary alicyclic amines) is 2. The standard InChI is InChI=1S/C42H57N9O3/c1-24(2)38(44)41(52)50-16-8-10-35(50)40-46-21-32(48-40)27-11-13-29-36-18-28-17-26(12-14-33(28)51(36)23-53-37(29)19-27)31-20-45-39(47-31)34-9-7-15-49(34)22-30(43)25(3)54-42(4,5)6/h11-14,17-20,24-25,30,34-35,38,40,46H,7-10,15-16,21-23,43-44H2,1-6H3,(H,45,47). The van der Waals surface area contributed by atoms with Gasteiger partial charge >= 0.3 is 0 Å². The van der Waals surface area contributed by atoms with Gasteiger partial charge in [-0.3, -0.25) is 20.0 Å². The number of nitrogens with zero attached hydrogens (tertiary/aromatic N) is 5. The van der Waals surface area contributed by atoms with Crippen LogP contribution in [0.2, 0.25) is 0 Å². The van der Waals surface area contributed by atoms with Crippen molar-refractivity contribution in [2.45, 2.75) is 116 Å². The molecule has 6 N–H and O–H groups in total. The number of hydrogen-bond donors (Lipinski definition) is 4. The number of ether oxygens (including phenoxy) is 2. The Kier molecular flexibility index (Phi) is 9.93. The van der Waals surface area contributed by atoms with E-state index in [-0.39, 0.29) is 47.8 Å². The monoisotopic (exact) mass is 735 g/mol. The molecule has 0 spiro atoms. The molecule has 8 rings (SSSR count). The zero-order chi connectivity index (χ0) is 37.9. The number of carbonyl (C=O) groups excluding carboxylic acids is 1. The Morgan fingerprint density at radius 3 is 2.63 bits per heavy atom. The summed E-state index contributed by atoms with van der Waals surface area (Å²) >= 11 is 0. The van der Waals surface area contributed by atoms with Gasteiger partial charge in [0.25, 0.3) is 0 Å². The van der Waals surface area contributed by atoms with Crippen LogP contribution in [0.4, 0.5) is 0 Å². The number of imidazole rings is 1. The zero-order valence-electron chi connectivity index (χ0n) is 32.6. The molecular formula is C42H57N9O3. The molecule has 2 saturated heterocycles. The Morgan fingerprint density at radius 2 is 1.83 bits per heavy atom. The second-order valence-corrected chi connectivity index (χ2v) is 17.1. The lowest BCUT2D eigenvalue weighted by molar-refractivity contribution is -0.134. The van der Waals surface area contributed by atoms with Crippen molar-refractivity contribution in [3.63, 3.8) is 0 Å². The van der Waals surface area contributed by atoms with Crippen molar-refractivity contribution in [3.05, 3.63) is 60.0 Å². The quantitative estimate of drug-likeness (QED) is 0.169. The highest BCUT2D eigenvalue weighted by Crippen LogP contribution is 2.40. The number of aliphatic imine (C=N–C) groups is 1. The van der Waals surface area contributed by atoms with Crippen molar-refractivity contribution in [1.29, 1.82) is 0 Å². The Morgan fingerprint density at radius 1 is 1.04 bits per heavy atom. The maximum absolute atomic E-state index is 13.2. The van der Waals surface area contributed by atoms with Crippen LogP contribution in [0.3, 0.4) is 0 Å². The van der Waals surface area contributed by atoms with Gasteiger partial charge in [0.2, 0.25) is 5.91 Å². The van der Waals surface area contributed by atoms with Gasteiger partial charge in [0.15, 0.2) is 6.73 Å². The van der Waals surface area contributed by atoms with Gasteiger partial charge in [0.05, 0.1) is 58.6 Å². The Labute approximate surface area is 318 Å². The van der Waals surface area contributed by atoms with Gasteiger partial charge in [0.1, 0.15) is 17.7 Å². The number of nitrogens with one attached hydrogen (secondary N) is 2. The molecular weight excluding hydrogens is 679 g/mol. The van der Waals surface area contributed by atoms with Crippen LogP contribution in [0.1, 0.15) is 84.7 Å². The Balaban J connectivity index is 0.976. The first kappa shape index (κ1) is 36.9. The van der Waals surface area contributed by atoms with E-state index in [4.69, 9.17) is 30.9 Å². The highest BCUT2D eigenvalue weighted by atomic mass is 16.5. The number of fused-ring (bicyclic) bond motifs is 5. The highest BCUT2D eigenvalue weighted by Gasteiger charge is 2.39. The molecule has 6 atom stereocenters. The molecule has 0 bridgehead atoms. The van der Waals surface area contributed by atoms with E-state index >= 15 is 0 Å². The van der Waals surface area contributed by atoms with Crippen molar-refractivity contribution in [1.82, 2.24) is 29.7 Å². The van der Waals surface area contributed by atoms with Gasteiger partial charge in [-0.05, 0) is 96.2 Å². The van der Waals surface area contributed by atoms with Crippen molar-refractivity contribution < 1.29 is 14.3 Å². The van der Waals surface area contributed by atoms with E-state index in [1.165, 1.54) is 0 Å². The van der Waals surface area contributed by atoms with E-state index in [9.17, 15) is 4.79 Å². The average molecular weight is 736 g/mol. The second-order valence-electron chi connectivity index (χ2n) is 17.1. The van der Waals surface area contributed by atoms with Crippen molar-refractivity contribution in [2.75, 3.05) is 26.2 Å². The molecule has 4 aliphatic rings. The largest absolute Gasteiger partial charge is 0.472 e. The predicted octanol–water partition coefficient (Wildman–Crippen LogP) is 5.41. The lowest BCUT2D eigenvalue weighted by atomic mass is 10.0. The van der Waals surface area contributed by atoms with Crippen LogP contribution in [-0.2, 0) is 16.3 Å². The van der Waals surface area contributed by atoms with Gasteiger partial charge < -0.3 is 35.4 Å². The first-order valence-electron chi connectivity index (χ1n) is 19.8. The topological polar surface area (TPSA) is 152 Å². The first-order valence-corrected chi connectivity index (χ1v) is 19.8. The third-order valence-electron chi connectivity index (χ3n) is 11.7. The van der Waals surface area contributed by atoms with Gasteiger partial charge in [-0.25, -0.2) is 4.98 Å². The fourth-order valence-corrected chi connectivity index (χ4v) is 8.77. The van der Waals surface area contributed by atoms with Crippen LogP contribution in [0.5, 0.6) is 5.75 Å². The number of nitrogens with two attached hydrogens (primary N) is 2. The number of carbonyl (C=O) groups is 1. The smallest absolute Gasteiger partial charge is 0.240 e. The summed E-state index contributed by atoms with van der Waals surface area (Å²) in [5, 5.41) is 4.72. The highest BCUT2D eigenvalue weighted by molar-refractivity contribution is 6.04. The maximum atomic E-state index is 13.2. The van der Waals surface area contributed by atoms with Crippen LogP contribution in [0.15, 0.2) is 53.7 Å². The molecule has 12 nitrogen and oxygen atoms in total. The summed E-state index contributed by atoms with van der Waals surface area (Å²) in [6.07, 6.45) is 5.86. The Bertz CT molecular complexity index is 2040. The summed E-state index contributed by atoms with van der Waals surface area (Å²) in [6, 6.07) is 14.9. The molecule has 6 heterocycles. The summed E-state index contributed by atoms with van der Waals surface area (Å²) in [6.45, 7) is 15.9. The molecule has 4 aromatic rings. The van der Waals surface area contributed by atoms with Gasteiger partial charge in [-0.2, -0.15) is 0 Å². The van der Waals surface area contributed by atoms with Crippen LogP contribution < -0.4 is 21.5 Å². The van der Waals surface area contributed by atoms with E-state index in [2.05, 4.69) is 89.9 Å². The van der Waals surface area contributed by atoms with E-state index in [0.29, 0.717) is 13.3 Å². The van der Waals surface area contributed by atoms with Gasteiger partial charge in [-0.1, -0.05) is 26.0 Å². The zero-order valence-corrected chi connectivity index (χ0v) is 32.6. The third-order valence-corrected chi connectivity index (χ3v) is 11.7. The number of H-pyrrole nitrogens is 1. The number of amides is 1. The summed E-state index contributed by atoms with van der Waals surface area (Å²) in [5.41, 5.74) is 20.1. The van der Waals surface area contributed by atoms with Crippen molar-refractivity contribution in [3.8, 4) is 28.3 Å². The van der Waals surface area contributed by atoms with E-state index < -0.39 is 6.04 Å². The fraction of sp³-hybridized carbons (Fsp3) is 0.548. The van der Waals surface area contributed by atoms with Gasteiger partial charge in [-0.15, -0.1) is 0 Å². The van der Waals surface area contributed by atoms with E-state index in [1.54, 1.807) is 0 Å². The molecule has 2 aromatic heterocycles. The number of aromatic nitrogens is 3. The molecule has 54 heavy (non-hydrogen) atoms. The van der Waals surface area contributed by atoms with Crippen LogP contribution in [-0.4, -0.2) is 98.1 Å². The minimum Gasteiger partial charge on any atom is -0.472 e. The minimum atomic E-state index is -0.485. The molecule has 288 valence electrons. The second kappa shape index (κ2) is 14.5. The molecule has 12 heteroatoms. The van der Waals surface area contributed by atoms with E-state index in [0.717, 1.165) is 102 Å².